The number of rotatable bonds is 5. The van der Waals surface area contributed by atoms with Gasteiger partial charge in [0.2, 0.25) is 5.91 Å². The van der Waals surface area contributed by atoms with E-state index >= 15 is 0 Å². The summed E-state index contributed by atoms with van der Waals surface area (Å²) in [6.45, 7) is 4.54. The van der Waals surface area contributed by atoms with Crippen molar-refractivity contribution in [1.29, 1.82) is 0 Å². The van der Waals surface area contributed by atoms with Gasteiger partial charge in [0.25, 0.3) is 5.91 Å². The lowest BCUT2D eigenvalue weighted by atomic mass is 9.91. The third kappa shape index (κ3) is 4.21. The highest BCUT2D eigenvalue weighted by Gasteiger charge is 2.43. The van der Waals surface area contributed by atoms with Crippen molar-refractivity contribution >= 4 is 17.5 Å². The number of piperidine rings is 1. The fourth-order valence-corrected chi connectivity index (χ4v) is 5.39. The van der Waals surface area contributed by atoms with Gasteiger partial charge in [-0.2, -0.15) is 0 Å². The third-order valence-corrected chi connectivity index (χ3v) is 6.92. The summed E-state index contributed by atoms with van der Waals surface area (Å²) in [6, 6.07) is 12.5. The van der Waals surface area contributed by atoms with Crippen molar-refractivity contribution in [3.8, 4) is 5.75 Å². The molecule has 2 heterocycles. The Morgan fingerprint density at radius 1 is 1.12 bits per heavy atom. The molecule has 2 aliphatic heterocycles. The first-order valence-corrected chi connectivity index (χ1v) is 11.3. The molecule has 0 spiro atoms. The number of aryl methyl sites for hydroxylation is 1. The summed E-state index contributed by atoms with van der Waals surface area (Å²) in [7, 11) is 0. The number of anilines is 1. The molecule has 32 heavy (non-hydrogen) atoms. The molecule has 6 nitrogen and oxygen atoms in total. The van der Waals surface area contributed by atoms with E-state index in [1.807, 2.05) is 37.3 Å². The van der Waals surface area contributed by atoms with Crippen LogP contribution in [0.3, 0.4) is 0 Å². The number of amides is 2. The zero-order chi connectivity index (χ0) is 22.2. The summed E-state index contributed by atoms with van der Waals surface area (Å²) in [5, 5.41) is 3.24. The molecule has 2 fully saturated rings. The van der Waals surface area contributed by atoms with Gasteiger partial charge < -0.3 is 10.1 Å². The molecule has 1 N–H and O–H groups in total. The van der Waals surface area contributed by atoms with Crippen LogP contribution < -0.4 is 15.0 Å². The van der Waals surface area contributed by atoms with Gasteiger partial charge in [0, 0.05) is 25.7 Å². The maximum Gasteiger partial charge on any atom is 0.265 e. The molecule has 1 saturated heterocycles. The maximum atomic E-state index is 13.2. The second kappa shape index (κ2) is 8.54. The van der Waals surface area contributed by atoms with Gasteiger partial charge in [0.1, 0.15) is 18.1 Å². The molecule has 2 aromatic rings. The fourth-order valence-electron chi connectivity index (χ4n) is 5.39. The number of ether oxygens (including phenoxy) is 1. The van der Waals surface area contributed by atoms with E-state index in [0.717, 1.165) is 43.6 Å². The fraction of sp³-hybridized carbons (Fsp3) is 0.440. The zero-order valence-corrected chi connectivity index (χ0v) is 18.2. The lowest BCUT2D eigenvalue weighted by Gasteiger charge is -2.39. The van der Waals surface area contributed by atoms with Crippen molar-refractivity contribution in [2.45, 2.75) is 32.4 Å². The second-order valence-corrected chi connectivity index (χ2v) is 9.25. The van der Waals surface area contributed by atoms with Crippen LogP contribution in [0.1, 0.15) is 24.0 Å². The van der Waals surface area contributed by atoms with Crippen LogP contribution in [0.15, 0.2) is 42.5 Å². The summed E-state index contributed by atoms with van der Waals surface area (Å²) in [5.74, 6) is 0.891. The quantitative estimate of drug-likeness (QED) is 0.782. The Morgan fingerprint density at radius 3 is 2.56 bits per heavy atom. The first-order chi connectivity index (χ1) is 15.5. The summed E-state index contributed by atoms with van der Waals surface area (Å²) in [6.07, 6.45) is 2.18. The predicted molar refractivity (Wildman–Crippen MR) is 119 cm³/mol. The van der Waals surface area contributed by atoms with Gasteiger partial charge in [-0.25, -0.2) is 4.39 Å². The Hall–Kier alpha value is -2.93. The topological polar surface area (TPSA) is 61.9 Å². The number of halogens is 1. The molecule has 2 aromatic carbocycles. The van der Waals surface area contributed by atoms with Gasteiger partial charge >= 0.3 is 0 Å². The highest BCUT2D eigenvalue weighted by Crippen LogP contribution is 2.38. The van der Waals surface area contributed by atoms with Crippen molar-refractivity contribution in [2.24, 2.45) is 11.8 Å². The van der Waals surface area contributed by atoms with Gasteiger partial charge in [-0.05, 0) is 67.0 Å². The monoisotopic (exact) mass is 437 g/mol. The highest BCUT2D eigenvalue weighted by molar-refractivity contribution is 6.02. The number of likely N-dealkylation sites (tertiary alicyclic amines) is 1. The van der Waals surface area contributed by atoms with Gasteiger partial charge in [0.05, 0.1) is 5.69 Å². The highest BCUT2D eigenvalue weighted by atomic mass is 19.1. The first kappa shape index (κ1) is 20.9. The van der Waals surface area contributed by atoms with Crippen LogP contribution >= 0.6 is 0 Å². The van der Waals surface area contributed by atoms with Crippen molar-refractivity contribution in [2.75, 3.05) is 31.1 Å². The lowest BCUT2D eigenvalue weighted by molar-refractivity contribution is -0.126. The number of fused-ring (bicyclic) bond motifs is 3. The maximum absolute atomic E-state index is 13.2. The summed E-state index contributed by atoms with van der Waals surface area (Å²) >= 11 is 0. The lowest BCUT2D eigenvalue weighted by Crippen LogP contribution is -2.54. The van der Waals surface area contributed by atoms with Crippen LogP contribution in [0.25, 0.3) is 0 Å². The van der Waals surface area contributed by atoms with E-state index in [2.05, 4.69) is 10.2 Å². The minimum Gasteiger partial charge on any atom is -0.482 e. The number of nitrogens with zero attached hydrogens (tertiary/aromatic N) is 2. The largest absolute Gasteiger partial charge is 0.482 e. The van der Waals surface area contributed by atoms with Crippen LogP contribution in [-0.4, -0.2) is 49.0 Å². The molecule has 0 aromatic heterocycles. The second-order valence-electron chi connectivity index (χ2n) is 9.25. The van der Waals surface area contributed by atoms with Crippen molar-refractivity contribution in [3.63, 3.8) is 0 Å². The average molecular weight is 438 g/mol. The van der Waals surface area contributed by atoms with E-state index < -0.39 is 0 Å². The molecule has 2 amide bonds. The Bertz CT molecular complexity index is 1010. The minimum atomic E-state index is -0.216. The van der Waals surface area contributed by atoms with E-state index in [9.17, 15) is 14.0 Å². The van der Waals surface area contributed by atoms with Crippen LogP contribution in [-0.2, 0) is 16.1 Å². The van der Waals surface area contributed by atoms with Gasteiger partial charge in [-0.1, -0.05) is 18.2 Å². The van der Waals surface area contributed by atoms with Gasteiger partial charge in [0.15, 0.2) is 6.61 Å². The third-order valence-electron chi connectivity index (χ3n) is 6.92. The van der Waals surface area contributed by atoms with E-state index in [0.29, 0.717) is 23.3 Å². The van der Waals surface area contributed by atoms with Gasteiger partial charge in [-0.15, -0.1) is 0 Å². The van der Waals surface area contributed by atoms with E-state index in [-0.39, 0.29) is 36.8 Å². The van der Waals surface area contributed by atoms with Crippen LogP contribution in [0.4, 0.5) is 10.1 Å². The average Bonchev–Trinajstić information content (AvgIpc) is 2.99. The summed E-state index contributed by atoms with van der Waals surface area (Å²) in [4.78, 5) is 29.4. The number of benzene rings is 2. The Balaban J connectivity index is 1.21. The number of hydrogen-bond donors (Lipinski definition) is 1. The minimum absolute atomic E-state index is 0.00782. The molecule has 2 bridgehead atoms. The predicted octanol–water partition coefficient (Wildman–Crippen LogP) is 2.89. The molecular weight excluding hydrogens is 409 g/mol. The Morgan fingerprint density at radius 2 is 1.84 bits per heavy atom. The van der Waals surface area contributed by atoms with Gasteiger partial charge in [-0.3, -0.25) is 19.4 Å². The molecule has 1 unspecified atom stereocenters. The molecule has 168 valence electrons. The van der Waals surface area contributed by atoms with Crippen LogP contribution in [0.2, 0.25) is 0 Å². The zero-order valence-electron chi connectivity index (χ0n) is 18.2. The molecule has 3 atom stereocenters. The van der Waals surface area contributed by atoms with Crippen molar-refractivity contribution < 1.29 is 18.7 Å². The molecule has 1 saturated carbocycles. The van der Waals surface area contributed by atoms with Crippen LogP contribution in [0, 0.1) is 24.6 Å². The van der Waals surface area contributed by atoms with Crippen LogP contribution in [0.5, 0.6) is 5.75 Å². The van der Waals surface area contributed by atoms with E-state index in [4.69, 9.17) is 4.74 Å². The molecule has 1 aliphatic carbocycles. The summed E-state index contributed by atoms with van der Waals surface area (Å²) < 4.78 is 18.7. The molecule has 0 radical (unpaired) electrons. The van der Waals surface area contributed by atoms with E-state index in [1.54, 1.807) is 0 Å². The molecule has 5 rings (SSSR count). The summed E-state index contributed by atoms with van der Waals surface area (Å²) in [5.41, 5.74) is 2.78. The van der Waals surface area contributed by atoms with E-state index in [1.165, 1.54) is 17.0 Å². The van der Waals surface area contributed by atoms with Crippen molar-refractivity contribution in [1.82, 2.24) is 10.2 Å². The number of hydrogen-bond acceptors (Lipinski definition) is 4. The SMILES string of the molecule is Cc1ccc2c(c1)N(CC(=O)NC1[C@@H]3CC[C@H]1CN(Cc1ccc(F)cc1)C3)C(=O)CO2. The molecular formula is C25H28FN3O3. The number of carbonyl (C=O) groups excluding carboxylic acids is 2. The number of carbonyl (C=O) groups is 2. The Labute approximate surface area is 187 Å². The smallest absolute Gasteiger partial charge is 0.265 e. The number of nitrogens with one attached hydrogen (secondary N) is 1. The standard InChI is InChI=1S/C25H28FN3O3/c1-16-2-9-22-21(10-16)29(24(31)15-32-22)14-23(30)27-25-18-5-6-19(25)13-28(12-18)11-17-3-7-20(26)8-4-17/h2-4,7-10,18-19,25H,5-6,11-15H2,1H3,(H,27,30)/t18-,19+,25?. The molecule has 7 heteroatoms. The first-order valence-electron chi connectivity index (χ1n) is 11.3. The normalized spacial score (nSPS) is 24.8. The molecule has 3 aliphatic rings. The van der Waals surface area contributed by atoms with Crippen molar-refractivity contribution in [3.05, 3.63) is 59.4 Å². The Kier molecular flexibility index (Phi) is 5.59.